The predicted octanol–water partition coefficient (Wildman–Crippen LogP) is 2.20. The highest BCUT2D eigenvalue weighted by Gasteiger charge is 2.23. The van der Waals surface area contributed by atoms with Crippen LogP contribution in [0.3, 0.4) is 0 Å². The van der Waals surface area contributed by atoms with E-state index in [1.165, 1.54) is 0 Å². The third-order valence-corrected chi connectivity index (χ3v) is 6.51. The monoisotopic (exact) mass is 374 g/mol. The standard InChI is InChI=1S/C19H26N4O2S/c20-19(21)22-12-14-5-7-15(8-6-14)13-23-26(24,25)18-10-9-16-3-1-2-4-17(16)11-18/h1-4,9-11,14-15,23H,5-8,12-13H2,(H4,20,21,22). The van der Waals surface area contributed by atoms with E-state index in [9.17, 15) is 8.42 Å². The lowest BCUT2D eigenvalue weighted by atomic mass is 9.82. The summed E-state index contributed by atoms with van der Waals surface area (Å²) in [6.07, 6.45) is 4.04. The number of nitrogens with one attached hydrogen (secondary N) is 1. The third kappa shape index (κ3) is 4.74. The molecule has 0 spiro atoms. The molecule has 3 rings (SSSR count). The van der Waals surface area contributed by atoms with Crippen molar-refractivity contribution < 1.29 is 8.42 Å². The van der Waals surface area contributed by atoms with E-state index < -0.39 is 10.0 Å². The molecule has 0 amide bonds. The molecule has 0 radical (unpaired) electrons. The fourth-order valence-electron chi connectivity index (χ4n) is 3.50. The Kier molecular flexibility index (Phi) is 5.78. The Morgan fingerprint density at radius 1 is 1.00 bits per heavy atom. The van der Waals surface area contributed by atoms with E-state index in [1.807, 2.05) is 30.3 Å². The van der Waals surface area contributed by atoms with Crippen LogP contribution in [0.1, 0.15) is 25.7 Å². The van der Waals surface area contributed by atoms with E-state index in [1.54, 1.807) is 12.1 Å². The van der Waals surface area contributed by atoms with E-state index in [4.69, 9.17) is 11.5 Å². The van der Waals surface area contributed by atoms with Gasteiger partial charge in [0.05, 0.1) is 4.90 Å². The molecule has 2 aromatic carbocycles. The van der Waals surface area contributed by atoms with Gasteiger partial charge in [0.15, 0.2) is 5.96 Å². The van der Waals surface area contributed by atoms with E-state index in [0.717, 1.165) is 36.5 Å². The first-order valence-electron chi connectivity index (χ1n) is 8.98. The van der Waals surface area contributed by atoms with Crippen molar-refractivity contribution in [1.29, 1.82) is 0 Å². The van der Waals surface area contributed by atoms with Crippen LogP contribution in [0.4, 0.5) is 0 Å². The molecule has 0 unspecified atom stereocenters. The van der Waals surface area contributed by atoms with Gasteiger partial charge in [-0.15, -0.1) is 0 Å². The Hall–Kier alpha value is -2.12. The van der Waals surface area contributed by atoms with Crippen molar-refractivity contribution in [1.82, 2.24) is 4.72 Å². The van der Waals surface area contributed by atoms with Crippen molar-refractivity contribution in [3.05, 3.63) is 42.5 Å². The Morgan fingerprint density at radius 3 is 2.35 bits per heavy atom. The van der Waals surface area contributed by atoms with Gasteiger partial charge in [0.2, 0.25) is 10.0 Å². The number of sulfonamides is 1. The molecule has 5 N–H and O–H groups in total. The maximum atomic E-state index is 12.6. The first-order valence-corrected chi connectivity index (χ1v) is 10.5. The van der Waals surface area contributed by atoms with Gasteiger partial charge in [0.1, 0.15) is 0 Å². The normalized spacial score (nSPS) is 20.8. The molecule has 0 aromatic heterocycles. The zero-order chi connectivity index (χ0) is 18.6. The molecule has 7 heteroatoms. The molecule has 0 heterocycles. The lowest BCUT2D eigenvalue weighted by Crippen LogP contribution is -2.32. The minimum Gasteiger partial charge on any atom is -0.370 e. The number of nitrogens with two attached hydrogens (primary N) is 2. The number of aliphatic imine (C=N–C) groups is 1. The maximum Gasteiger partial charge on any atom is 0.240 e. The molecule has 1 aliphatic carbocycles. The molecular formula is C19H26N4O2S. The number of nitrogens with zero attached hydrogens (tertiary/aromatic N) is 1. The van der Waals surface area contributed by atoms with E-state index in [0.29, 0.717) is 29.8 Å². The zero-order valence-electron chi connectivity index (χ0n) is 14.8. The average Bonchev–Trinajstić information content (AvgIpc) is 2.65. The second-order valence-corrected chi connectivity index (χ2v) is 8.78. The zero-order valence-corrected chi connectivity index (χ0v) is 15.6. The summed E-state index contributed by atoms with van der Waals surface area (Å²) >= 11 is 0. The van der Waals surface area contributed by atoms with Crippen LogP contribution in [0.2, 0.25) is 0 Å². The van der Waals surface area contributed by atoms with Gasteiger partial charge >= 0.3 is 0 Å². The SMILES string of the molecule is NC(N)=NCC1CCC(CNS(=O)(=O)c2ccc3ccccc3c2)CC1. The molecule has 0 aliphatic heterocycles. The predicted molar refractivity (Wildman–Crippen MR) is 105 cm³/mol. The van der Waals surface area contributed by atoms with Gasteiger partial charge < -0.3 is 11.5 Å². The average molecular weight is 375 g/mol. The van der Waals surface area contributed by atoms with Crippen LogP contribution in [-0.2, 0) is 10.0 Å². The summed E-state index contributed by atoms with van der Waals surface area (Å²) in [5.41, 5.74) is 10.7. The summed E-state index contributed by atoms with van der Waals surface area (Å²) in [6.45, 7) is 1.14. The molecule has 0 saturated heterocycles. The molecule has 1 saturated carbocycles. The highest BCUT2D eigenvalue weighted by molar-refractivity contribution is 7.89. The van der Waals surface area contributed by atoms with Crippen LogP contribution in [0.15, 0.2) is 52.4 Å². The van der Waals surface area contributed by atoms with E-state index in [2.05, 4.69) is 9.71 Å². The Labute approximate surface area is 154 Å². The van der Waals surface area contributed by atoms with Gasteiger partial charge in [-0.3, -0.25) is 4.99 Å². The third-order valence-electron chi connectivity index (χ3n) is 5.09. The quantitative estimate of drug-likeness (QED) is 0.532. The molecule has 1 fully saturated rings. The molecule has 140 valence electrons. The van der Waals surface area contributed by atoms with Crippen molar-refractivity contribution in [3.8, 4) is 0 Å². The topological polar surface area (TPSA) is 111 Å². The van der Waals surface area contributed by atoms with Gasteiger partial charge in [-0.05, 0) is 60.4 Å². The summed E-state index contributed by atoms with van der Waals surface area (Å²) in [5, 5.41) is 1.96. The van der Waals surface area contributed by atoms with Gasteiger partial charge in [-0.25, -0.2) is 13.1 Å². The van der Waals surface area contributed by atoms with Crippen molar-refractivity contribution in [2.75, 3.05) is 13.1 Å². The lowest BCUT2D eigenvalue weighted by Gasteiger charge is -2.27. The Bertz CT molecular complexity index is 883. The first kappa shape index (κ1) is 18.7. The summed E-state index contributed by atoms with van der Waals surface area (Å²) in [5.74, 6) is 0.987. The van der Waals surface area contributed by atoms with Gasteiger partial charge in [0, 0.05) is 13.1 Å². The molecule has 2 aromatic rings. The summed E-state index contributed by atoms with van der Waals surface area (Å²) in [7, 11) is -3.49. The first-order chi connectivity index (χ1) is 12.4. The van der Waals surface area contributed by atoms with Crippen LogP contribution in [0, 0.1) is 11.8 Å². The molecule has 26 heavy (non-hydrogen) atoms. The number of guanidine groups is 1. The minimum absolute atomic E-state index is 0.135. The second-order valence-electron chi connectivity index (χ2n) is 7.01. The Morgan fingerprint density at radius 2 is 1.65 bits per heavy atom. The van der Waals surface area contributed by atoms with Crippen LogP contribution in [0.25, 0.3) is 10.8 Å². The van der Waals surface area contributed by atoms with Gasteiger partial charge in [0.25, 0.3) is 0 Å². The maximum absolute atomic E-state index is 12.6. The molecular weight excluding hydrogens is 348 g/mol. The Balaban J connectivity index is 1.56. The van der Waals surface area contributed by atoms with Crippen LogP contribution in [0.5, 0.6) is 0 Å². The van der Waals surface area contributed by atoms with Crippen molar-refractivity contribution in [3.63, 3.8) is 0 Å². The van der Waals surface area contributed by atoms with E-state index in [-0.39, 0.29) is 5.96 Å². The largest absolute Gasteiger partial charge is 0.370 e. The van der Waals surface area contributed by atoms with Gasteiger partial charge in [-0.2, -0.15) is 0 Å². The fourth-order valence-corrected chi connectivity index (χ4v) is 4.65. The van der Waals surface area contributed by atoms with Crippen molar-refractivity contribution in [2.24, 2.45) is 28.3 Å². The number of fused-ring (bicyclic) bond motifs is 1. The number of hydrogen-bond donors (Lipinski definition) is 3. The molecule has 0 bridgehead atoms. The van der Waals surface area contributed by atoms with Gasteiger partial charge in [-0.1, -0.05) is 30.3 Å². The highest BCUT2D eigenvalue weighted by atomic mass is 32.2. The molecule has 0 atom stereocenters. The number of benzene rings is 2. The number of hydrogen-bond acceptors (Lipinski definition) is 3. The summed E-state index contributed by atoms with van der Waals surface area (Å²) in [6, 6.07) is 13.0. The number of rotatable bonds is 6. The smallest absolute Gasteiger partial charge is 0.240 e. The summed E-state index contributed by atoms with van der Waals surface area (Å²) in [4.78, 5) is 4.40. The van der Waals surface area contributed by atoms with Crippen LogP contribution in [-0.4, -0.2) is 27.5 Å². The van der Waals surface area contributed by atoms with Crippen molar-refractivity contribution in [2.45, 2.75) is 30.6 Å². The molecule has 6 nitrogen and oxygen atoms in total. The van der Waals surface area contributed by atoms with Crippen LogP contribution < -0.4 is 16.2 Å². The lowest BCUT2D eigenvalue weighted by molar-refractivity contribution is 0.280. The van der Waals surface area contributed by atoms with E-state index >= 15 is 0 Å². The minimum atomic E-state index is -3.49. The van der Waals surface area contributed by atoms with Crippen LogP contribution >= 0.6 is 0 Å². The highest BCUT2D eigenvalue weighted by Crippen LogP contribution is 2.29. The molecule has 1 aliphatic rings. The summed E-state index contributed by atoms with van der Waals surface area (Å²) < 4.78 is 28.0. The second kappa shape index (κ2) is 8.05. The van der Waals surface area contributed by atoms with Crippen molar-refractivity contribution >= 4 is 26.8 Å². The fraction of sp³-hybridized carbons (Fsp3) is 0.421.